The zero-order chi connectivity index (χ0) is 8.97. The number of carboxylic acids is 1. The summed E-state index contributed by atoms with van der Waals surface area (Å²) in [6.45, 7) is 0.409. The van der Waals surface area contributed by atoms with Gasteiger partial charge in [-0.05, 0) is 17.7 Å². The van der Waals surface area contributed by atoms with E-state index in [1.165, 1.54) is 0 Å². The molecule has 4 heteroatoms. The van der Waals surface area contributed by atoms with Crippen LogP contribution in [0.2, 0.25) is 0 Å². The van der Waals surface area contributed by atoms with Gasteiger partial charge in [-0.15, -0.1) is 0 Å². The highest BCUT2D eigenvalue weighted by Gasteiger charge is 2.01. The third kappa shape index (κ3) is 2.29. The van der Waals surface area contributed by atoms with Gasteiger partial charge in [0.2, 0.25) is 0 Å². The third-order valence-corrected chi connectivity index (χ3v) is 1.59. The van der Waals surface area contributed by atoms with Crippen molar-refractivity contribution >= 4 is 15.4 Å². The number of hydrogen-bond donors (Lipinski definition) is 1. The second-order valence-corrected chi connectivity index (χ2v) is 2.65. The van der Waals surface area contributed by atoms with Crippen molar-refractivity contribution < 1.29 is 14.4 Å². The van der Waals surface area contributed by atoms with Gasteiger partial charge in [-0.2, -0.15) is 0 Å². The lowest BCUT2D eigenvalue weighted by Crippen LogP contribution is -1.96. The van der Waals surface area contributed by atoms with Crippen molar-refractivity contribution in [1.82, 2.24) is 0 Å². The number of rotatable bonds is 3. The Balaban J connectivity index is 2.88. The molecule has 0 fully saturated rings. The van der Waals surface area contributed by atoms with Crippen molar-refractivity contribution in [2.45, 2.75) is 6.61 Å². The van der Waals surface area contributed by atoms with E-state index in [9.17, 15) is 4.79 Å². The largest absolute Gasteiger partial charge is 0.478 e. The number of carboxylic acid groups (broad SMARTS) is 1. The molecule has 1 rings (SSSR count). The van der Waals surface area contributed by atoms with Crippen molar-refractivity contribution in [2.75, 3.05) is 0 Å². The zero-order valence-corrected chi connectivity index (χ0v) is 7.51. The Morgan fingerprint density at radius 3 is 2.92 bits per heavy atom. The van der Waals surface area contributed by atoms with Crippen molar-refractivity contribution in [3.63, 3.8) is 0 Å². The number of hydrogen-bond acceptors (Lipinski definition) is 2. The van der Waals surface area contributed by atoms with Crippen LogP contribution in [0.1, 0.15) is 15.9 Å². The van der Waals surface area contributed by atoms with Crippen LogP contribution in [0, 0.1) is 0 Å². The van der Waals surface area contributed by atoms with Gasteiger partial charge < -0.3 is 9.63 Å². The molecule has 0 radical (unpaired) electrons. The lowest BCUT2D eigenvalue weighted by molar-refractivity contribution is 0.0696. The first-order valence-corrected chi connectivity index (χ1v) is 3.85. The number of carbonyl (C=O) groups is 1. The van der Waals surface area contributed by atoms with Crippen LogP contribution in [-0.2, 0) is 11.1 Å². The Morgan fingerprint density at radius 2 is 2.33 bits per heavy atom. The molecule has 1 aromatic carbocycles. The summed E-state index contributed by atoms with van der Waals surface area (Å²) in [5.74, 6) is -0.916. The van der Waals surface area contributed by atoms with E-state index in [0.717, 1.165) is 5.56 Å². The molecule has 1 N–H and O–H groups in total. The highest BCUT2D eigenvalue weighted by Crippen LogP contribution is 2.07. The summed E-state index contributed by atoms with van der Waals surface area (Å²) >= 11 is 0. The summed E-state index contributed by atoms with van der Waals surface area (Å²) in [5, 5.41) is 8.63. The summed E-state index contributed by atoms with van der Waals surface area (Å²) in [4.78, 5) is 10.5. The van der Waals surface area contributed by atoms with E-state index in [2.05, 4.69) is 9.47 Å². The van der Waals surface area contributed by atoms with E-state index in [1.807, 2.05) is 6.07 Å². The van der Waals surface area contributed by atoms with E-state index in [1.54, 1.807) is 18.2 Å². The molecular formula is C8H9O3P. The molecule has 0 bridgehead atoms. The van der Waals surface area contributed by atoms with Gasteiger partial charge in [0.05, 0.1) is 12.2 Å². The average Bonchev–Trinajstić information content (AvgIpc) is 2.05. The van der Waals surface area contributed by atoms with Gasteiger partial charge in [0, 0.05) is 9.47 Å². The predicted molar refractivity (Wildman–Crippen MR) is 47.9 cm³/mol. The minimum absolute atomic E-state index is 0.287. The van der Waals surface area contributed by atoms with Gasteiger partial charge >= 0.3 is 5.97 Å². The van der Waals surface area contributed by atoms with Crippen molar-refractivity contribution in [1.29, 1.82) is 0 Å². The van der Waals surface area contributed by atoms with E-state index >= 15 is 0 Å². The van der Waals surface area contributed by atoms with Crippen LogP contribution in [0.3, 0.4) is 0 Å². The second kappa shape index (κ2) is 4.19. The standard InChI is InChI=1S/C8H9O3P/c9-8(10)7-3-1-2-6(4-7)5-11-12/h1-4H,5,12H2,(H,9,10). The maximum atomic E-state index is 10.5. The maximum absolute atomic E-state index is 10.5. The molecule has 0 aliphatic rings. The topological polar surface area (TPSA) is 46.5 Å². The van der Waals surface area contributed by atoms with Crippen LogP contribution in [0.4, 0.5) is 0 Å². The first kappa shape index (κ1) is 9.17. The molecule has 0 aliphatic heterocycles. The van der Waals surface area contributed by atoms with Gasteiger partial charge in [0.1, 0.15) is 0 Å². The second-order valence-electron chi connectivity index (χ2n) is 2.32. The van der Waals surface area contributed by atoms with Crippen LogP contribution >= 0.6 is 9.47 Å². The summed E-state index contributed by atoms with van der Waals surface area (Å²) in [6.07, 6.45) is 0. The molecule has 1 atom stereocenters. The summed E-state index contributed by atoms with van der Waals surface area (Å²) in [5.41, 5.74) is 1.14. The first-order chi connectivity index (χ1) is 5.74. The van der Waals surface area contributed by atoms with Crippen LogP contribution in [0.5, 0.6) is 0 Å². The molecule has 0 amide bonds. The minimum Gasteiger partial charge on any atom is -0.478 e. The van der Waals surface area contributed by atoms with Gasteiger partial charge in [-0.3, -0.25) is 0 Å². The molecule has 0 aromatic heterocycles. The number of benzene rings is 1. The lowest BCUT2D eigenvalue weighted by Gasteiger charge is -1.99. The molecule has 0 saturated carbocycles. The van der Waals surface area contributed by atoms with E-state index in [-0.39, 0.29) is 5.56 Å². The highest BCUT2D eigenvalue weighted by atomic mass is 31.0. The summed E-state index contributed by atoms with van der Waals surface area (Å²) < 4.78 is 4.79. The Labute approximate surface area is 72.6 Å². The number of aromatic carboxylic acids is 1. The monoisotopic (exact) mass is 184 g/mol. The quantitative estimate of drug-likeness (QED) is 0.727. The fraction of sp³-hybridized carbons (Fsp3) is 0.125. The first-order valence-electron chi connectivity index (χ1n) is 3.38. The molecule has 0 spiro atoms. The molecule has 1 unspecified atom stereocenters. The lowest BCUT2D eigenvalue weighted by atomic mass is 10.1. The molecule has 1 aromatic rings. The Kier molecular flexibility index (Phi) is 3.20. The van der Waals surface area contributed by atoms with Gasteiger partial charge in [-0.1, -0.05) is 12.1 Å². The summed E-state index contributed by atoms with van der Waals surface area (Å²) in [6, 6.07) is 6.65. The molecule has 64 valence electrons. The molecule has 3 nitrogen and oxygen atoms in total. The van der Waals surface area contributed by atoms with Crippen LogP contribution < -0.4 is 0 Å². The smallest absolute Gasteiger partial charge is 0.335 e. The predicted octanol–water partition coefficient (Wildman–Crippen LogP) is 1.69. The normalized spacial score (nSPS) is 9.75. The van der Waals surface area contributed by atoms with Crippen LogP contribution in [0.25, 0.3) is 0 Å². The molecule has 12 heavy (non-hydrogen) atoms. The minimum atomic E-state index is -0.916. The molecule has 0 saturated heterocycles. The molecule has 0 aliphatic carbocycles. The van der Waals surface area contributed by atoms with E-state index in [4.69, 9.17) is 9.63 Å². The van der Waals surface area contributed by atoms with Crippen molar-refractivity contribution in [2.24, 2.45) is 0 Å². The van der Waals surface area contributed by atoms with E-state index in [0.29, 0.717) is 6.61 Å². The van der Waals surface area contributed by atoms with Crippen molar-refractivity contribution in [3.05, 3.63) is 35.4 Å². The Bertz CT molecular complexity index is 285. The summed E-state index contributed by atoms with van der Waals surface area (Å²) in [7, 11) is 2.12. The molecular weight excluding hydrogens is 175 g/mol. The van der Waals surface area contributed by atoms with Crippen LogP contribution in [-0.4, -0.2) is 11.1 Å². The van der Waals surface area contributed by atoms with Gasteiger partial charge in [-0.25, -0.2) is 4.79 Å². The average molecular weight is 184 g/mol. The maximum Gasteiger partial charge on any atom is 0.335 e. The van der Waals surface area contributed by atoms with Crippen molar-refractivity contribution in [3.8, 4) is 0 Å². The van der Waals surface area contributed by atoms with Gasteiger partial charge in [0.25, 0.3) is 0 Å². The van der Waals surface area contributed by atoms with Gasteiger partial charge in [0.15, 0.2) is 0 Å². The van der Waals surface area contributed by atoms with E-state index < -0.39 is 5.97 Å². The highest BCUT2D eigenvalue weighted by molar-refractivity contribution is 7.09. The SMILES string of the molecule is O=C(O)c1cccc(COP)c1. The van der Waals surface area contributed by atoms with Crippen LogP contribution in [0.15, 0.2) is 24.3 Å². The fourth-order valence-electron chi connectivity index (χ4n) is 0.890. The Hall–Kier alpha value is -0.920. The molecule has 0 heterocycles. The fourth-order valence-corrected chi connectivity index (χ4v) is 1.08. The Morgan fingerprint density at radius 1 is 1.58 bits per heavy atom. The third-order valence-electron chi connectivity index (χ3n) is 1.42. The zero-order valence-electron chi connectivity index (χ0n) is 6.36.